The number of fused-ring (bicyclic) bond motifs is 1. The van der Waals surface area contributed by atoms with E-state index in [0.29, 0.717) is 16.3 Å². The molecule has 0 bridgehead atoms. The summed E-state index contributed by atoms with van der Waals surface area (Å²) in [6.45, 7) is 5.18. The summed E-state index contributed by atoms with van der Waals surface area (Å²) in [6.07, 6.45) is -0.0183. The predicted molar refractivity (Wildman–Crippen MR) is 99.4 cm³/mol. The van der Waals surface area contributed by atoms with Crippen molar-refractivity contribution in [3.8, 4) is 5.75 Å². The van der Waals surface area contributed by atoms with Crippen LogP contribution in [0.4, 0.5) is 0 Å². The van der Waals surface area contributed by atoms with E-state index in [1.165, 1.54) is 0 Å². The zero-order valence-electron chi connectivity index (χ0n) is 15.5. The zero-order valence-corrected chi connectivity index (χ0v) is 16.3. The van der Waals surface area contributed by atoms with E-state index in [0.717, 1.165) is 11.1 Å². The number of pyridine rings is 1. The van der Waals surface area contributed by atoms with Crippen molar-refractivity contribution in [1.29, 1.82) is 0 Å². The average Bonchev–Trinajstić information content (AvgIpc) is 3.06. The lowest BCUT2D eigenvalue weighted by molar-refractivity contribution is -0.766. The topological polar surface area (TPSA) is 101 Å². The molecule has 3 rings (SSSR count). The number of hydrogen-bond acceptors (Lipinski definition) is 7. The summed E-state index contributed by atoms with van der Waals surface area (Å²) in [5, 5.41) is 10.3. The molecule has 8 nitrogen and oxygen atoms in total. The standard InChI is InChI=1S/C19H19ClN2O6/c1-10(2)16(28-22(24)25)19(23)27-17-11(3)21-8-14-15(17)9-26-18(14)12-4-6-13(20)7-5-12/h4-8,10,16,18H,9H2,1-3H3/t16?,18-/m0/s1. The van der Waals surface area contributed by atoms with E-state index in [1.54, 1.807) is 39.1 Å². The van der Waals surface area contributed by atoms with Crippen LogP contribution in [0.3, 0.4) is 0 Å². The summed E-state index contributed by atoms with van der Waals surface area (Å²) in [5.41, 5.74) is 2.83. The van der Waals surface area contributed by atoms with Crippen molar-refractivity contribution in [1.82, 2.24) is 4.98 Å². The Morgan fingerprint density at radius 3 is 2.64 bits per heavy atom. The molecule has 2 atom stereocenters. The highest BCUT2D eigenvalue weighted by Gasteiger charge is 2.33. The van der Waals surface area contributed by atoms with Crippen molar-refractivity contribution >= 4 is 17.6 Å². The zero-order chi connectivity index (χ0) is 20.4. The van der Waals surface area contributed by atoms with Crippen LogP contribution >= 0.6 is 11.6 Å². The second-order valence-corrected chi connectivity index (χ2v) is 7.20. The molecule has 1 unspecified atom stereocenters. The van der Waals surface area contributed by atoms with E-state index >= 15 is 0 Å². The molecular weight excluding hydrogens is 388 g/mol. The van der Waals surface area contributed by atoms with E-state index in [9.17, 15) is 14.9 Å². The molecule has 0 saturated heterocycles. The lowest BCUT2D eigenvalue weighted by Crippen LogP contribution is -2.35. The van der Waals surface area contributed by atoms with Gasteiger partial charge in [-0.05, 0) is 30.5 Å². The van der Waals surface area contributed by atoms with E-state index in [-0.39, 0.29) is 18.5 Å². The van der Waals surface area contributed by atoms with Gasteiger partial charge < -0.3 is 9.47 Å². The molecule has 0 fully saturated rings. The highest BCUT2D eigenvalue weighted by Crippen LogP contribution is 2.41. The Labute approximate surface area is 166 Å². The molecule has 148 valence electrons. The Morgan fingerprint density at radius 1 is 1.36 bits per heavy atom. The van der Waals surface area contributed by atoms with Crippen molar-refractivity contribution in [2.45, 2.75) is 39.6 Å². The van der Waals surface area contributed by atoms with Gasteiger partial charge in [-0.3, -0.25) is 9.82 Å². The molecule has 1 aliphatic heterocycles. The van der Waals surface area contributed by atoms with Crippen LogP contribution in [-0.4, -0.2) is 22.1 Å². The van der Waals surface area contributed by atoms with Gasteiger partial charge >= 0.3 is 5.97 Å². The first-order valence-electron chi connectivity index (χ1n) is 8.66. The molecule has 0 spiro atoms. The Morgan fingerprint density at radius 2 is 2.04 bits per heavy atom. The minimum Gasteiger partial charge on any atom is -0.423 e. The third-order valence-electron chi connectivity index (χ3n) is 4.44. The van der Waals surface area contributed by atoms with Crippen LogP contribution in [0, 0.1) is 23.0 Å². The summed E-state index contributed by atoms with van der Waals surface area (Å²) in [6, 6.07) is 7.24. The number of esters is 1. The highest BCUT2D eigenvalue weighted by molar-refractivity contribution is 6.30. The molecule has 2 heterocycles. The number of benzene rings is 1. The molecule has 2 aromatic rings. The van der Waals surface area contributed by atoms with Gasteiger partial charge in [-0.15, -0.1) is 10.1 Å². The molecule has 1 aliphatic rings. The molecule has 0 amide bonds. The predicted octanol–water partition coefficient (Wildman–Crippen LogP) is 3.80. The lowest BCUT2D eigenvalue weighted by Gasteiger charge is -2.19. The molecule has 0 radical (unpaired) electrons. The molecule has 1 aromatic heterocycles. The number of aryl methyl sites for hydroxylation is 1. The number of aromatic nitrogens is 1. The Balaban J connectivity index is 1.90. The first kappa shape index (κ1) is 20.0. The van der Waals surface area contributed by atoms with Gasteiger partial charge in [0.2, 0.25) is 6.10 Å². The first-order valence-corrected chi connectivity index (χ1v) is 9.04. The number of hydrogen-bond donors (Lipinski definition) is 0. The van der Waals surface area contributed by atoms with Crippen LogP contribution < -0.4 is 4.74 Å². The van der Waals surface area contributed by atoms with Gasteiger partial charge in [0.15, 0.2) is 5.75 Å². The van der Waals surface area contributed by atoms with E-state index in [1.807, 2.05) is 12.1 Å². The number of rotatable bonds is 6. The van der Waals surface area contributed by atoms with Gasteiger partial charge in [0.25, 0.3) is 5.09 Å². The number of nitrogens with zero attached hydrogens (tertiary/aromatic N) is 2. The van der Waals surface area contributed by atoms with Crippen LogP contribution in [0.15, 0.2) is 30.5 Å². The van der Waals surface area contributed by atoms with Crippen LogP contribution in [0.2, 0.25) is 5.02 Å². The second-order valence-electron chi connectivity index (χ2n) is 6.76. The number of carbonyl (C=O) groups is 1. The minimum absolute atomic E-state index is 0.219. The maximum atomic E-state index is 12.5. The number of ether oxygens (including phenoxy) is 2. The lowest BCUT2D eigenvalue weighted by atomic mass is 10.00. The molecule has 0 saturated carbocycles. The highest BCUT2D eigenvalue weighted by atomic mass is 35.5. The average molecular weight is 407 g/mol. The largest absolute Gasteiger partial charge is 0.423 e. The van der Waals surface area contributed by atoms with Gasteiger partial charge in [0.1, 0.15) is 6.10 Å². The Hall–Kier alpha value is -2.71. The van der Waals surface area contributed by atoms with Crippen molar-refractivity contribution in [3.63, 3.8) is 0 Å². The van der Waals surface area contributed by atoms with Gasteiger partial charge in [-0.25, -0.2) is 4.79 Å². The Bertz CT molecular complexity index is 900. The monoisotopic (exact) mass is 406 g/mol. The quantitative estimate of drug-likeness (QED) is 0.408. The second kappa shape index (κ2) is 8.12. The van der Waals surface area contributed by atoms with Crippen molar-refractivity contribution in [3.05, 3.63) is 68.0 Å². The Kier molecular flexibility index (Phi) is 5.81. The maximum Gasteiger partial charge on any atom is 0.341 e. The SMILES string of the molecule is Cc1ncc2c(c1OC(=O)C(O[N+](=O)[O-])C(C)C)CO[C@H]2c1ccc(Cl)cc1. The van der Waals surface area contributed by atoms with Crippen LogP contribution in [0.5, 0.6) is 5.75 Å². The summed E-state index contributed by atoms with van der Waals surface area (Å²) in [5.74, 6) is -1.04. The van der Waals surface area contributed by atoms with Crippen molar-refractivity contribution in [2.75, 3.05) is 0 Å². The van der Waals surface area contributed by atoms with Crippen LogP contribution in [-0.2, 0) is 21.0 Å². The van der Waals surface area contributed by atoms with Gasteiger partial charge in [-0.2, -0.15) is 0 Å². The van der Waals surface area contributed by atoms with Crippen molar-refractivity contribution < 1.29 is 24.2 Å². The van der Waals surface area contributed by atoms with Crippen LogP contribution in [0.1, 0.15) is 42.3 Å². The van der Waals surface area contributed by atoms with Gasteiger partial charge in [0.05, 0.1) is 12.3 Å². The fourth-order valence-electron chi connectivity index (χ4n) is 3.02. The normalized spacial score (nSPS) is 16.5. The number of carbonyl (C=O) groups excluding carboxylic acids is 1. The first-order chi connectivity index (χ1) is 13.3. The minimum atomic E-state index is -1.33. The molecule has 0 aliphatic carbocycles. The maximum absolute atomic E-state index is 12.5. The van der Waals surface area contributed by atoms with E-state index in [4.69, 9.17) is 21.1 Å². The molecule has 9 heteroatoms. The molecule has 0 N–H and O–H groups in total. The smallest absolute Gasteiger partial charge is 0.341 e. The summed E-state index contributed by atoms with van der Waals surface area (Å²) in [4.78, 5) is 32.0. The van der Waals surface area contributed by atoms with E-state index < -0.39 is 23.1 Å². The van der Waals surface area contributed by atoms with Gasteiger partial charge in [0, 0.05) is 22.3 Å². The van der Waals surface area contributed by atoms with Crippen molar-refractivity contribution in [2.24, 2.45) is 5.92 Å². The number of halogens is 1. The third kappa shape index (κ3) is 4.07. The molecule has 28 heavy (non-hydrogen) atoms. The fourth-order valence-corrected chi connectivity index (χ4v) is 3.15. The summed E-state index contributed by atoms with van der Waals surface area (Å²) in [7, 11) is 0. The van der Waals surface area contributed by atoms with Gasteiger partial charge in [-0.1, -0.05) is 37.6 Å². The molecule has 1 aromatic carbocycles. The third-order valence-corrected chi connectivity index (χ3v) is 4.69. The van der Waals surface area contributed by atoms with E-state index in [2.05, 4.69) is 9.82 Å². The molecular formula is C19H19ClN2O6. The van der Waals surface area contributed by atoms with Crippen LogP contribution in [0.25, 0.3) is 0 Å². The fraction of sp³-hybridized carbons (Fsp3) is 0.368. The summed E-state index contributed by atoms with van der Waals surface area (Å²) >= 11 is 5.94. The summed E-state index contributed by atoms with van der Waals surface area (Å²) < 4.78 is 11.4.